The Morgan fingerprint density at radius 1 is 1.29 bits per heavy atom. The number of thiophene rings is 1. The largest absolute Gasteiger partial charge is 0.355 e. The minimum atomic E-state index is -0.461. The second kappa shape index (κ2) is 5.69. The Bertz CT molecular complexity index is 667. The molecule has 0 fully saturated rings. The van der Waals surface area contributed by atoms with Crippen LogP contribution in [0.3, 0.4) is 0 Å². The number of likely N-dealkylation sites (N-methyl/N-ethyl adjacent to an activating group) is 1. The standard InChI is InChI=1S/C16H16N2O2S/c1-2-17-15(19)13-10-11-6-3-4-7-12(11)18(13)16(20)14-8-5-9-21-14/h3-9,13H,2,10H2,1H3,(H,17,19)/t13-/m0/s1. The lowest BCUT2D eigenvalue weighted by Crippen LogP contribution is -2.47. The number of amides is 2. The molecule has 1 aliphatic rings. The quantitative estimate of drug-likeness (QED) is 0.946. The maximum Gasteiger partial charge on any atom is 0.269 e. The summed E-state index contributed by atoms with van der Waals surface area (Å²) in [5, 5.41) is 4.69. The van der Waals surface area contributed by atoms with E-state index in [1.165, 1.54) is 11.3 Å². The van der Waals surface area contributed by atoms with Crippen LogP contribution in [-0.4, -0.2) is 24.4 Å². The number of anilines is 1. The molecule has 21 heavy (non-hydrogen) atoms. The molecule has 3 rings (SSSR count). The number of hydrogen-bond acceptors (Lipinski definition) is 3. The Hall–Kier alpha value is -2.14. The van der Waals surface area contributed by atoms with Crippen LogP contribution in [0.25, 0.3) is 0 Å². The Balaban J connectivity index is 1.99. The zero-order chi connectivity index (χ0) is 14.8. The molecule has 0 spiro atoms. The molecule has 0 saturated carbocycles. The average Bonchev–Trinajstić information content (AvgIpc) is 3.14. The highest BCUT2D eigenvalue weighted by molar-refractivity contribution is 7.12. The second-order valence-electron chi connectivity index (χ2n) is 4.90. The summed E-state index contributed by atoms with van der Waals surface area (Å²) in [7, 11) is 0. The van der Waals surface area contributed by atoms with Crippen LogP contribution >= 0.6 is 11.3 Å². The van der Waals surface area contributed by atoms with Crippen molar-refractivity contribution in [2.75, 3.05) is 11.4 Å². The Labute approximate surface area is 127 Å². The summed E-state index contributed by atoms with van der Waals surface area (Å²) in [5.74, 6) is -0.204. The van der Waals surface area contributed by atoms with Crippen LogP contribution in [0, 0.1) is 0 Å². The first kappa shape index (κ1) is 13.8. The number of nitrogens with zero attached hydrogens (tertiary/aromatic N) is 1. The number of benzene rings is 1. The SMILES string of the molecule is CCNC(=O)[C@@H]1Cc2ccccc2N1C(=O)c1cccs1. The number of carbonyl (C=O) groups is 2. The normalized spacial score (nSPS) is 16.6. The monoisotopic (exact) mass is 300 g/mol. The molecule has 1 N–H and O–H groups in total. The van der Waals surface area contributed by atoms with E-state index in [4.69, 9.17) is 0 Å². The van der Waals surface area contributed by atoms with Crippen molar-refractivity contribution in [3.63, 3.8) is 0 Å². The highest BCUT2D eigenvalue weighted by Gasteiger charge is 2.38. The predicted octanol–water partition coefficient (Wildman–Crippen LogP) is 2.46. The zero-order valence-corrected chi connectivity index (χ0v) is 12.5. The average molecular weight is 300 g/mol. The van der Waals surface area contributed by atoms with Crippen molar-refractivity contribution in [2.45, 2.75) is 19.4 Å². The molecule has 108 valence electrons. The third kappa shape index (κ3) is 2.45. The van der Waals surface area contributed by atoms with E-state index >= 15 is 0 Å². The van der Waals surface area contributed by atoms with Gasteiger partial charge in [-0.2, -0.15) is 0 Å². The van der Waals surface area contributed by atoms with Crippen molar-refractivity contribution >= 4 is 28.8 Å². The summed E-state index contributed by atoms with van der Waals surface area (Å²) in [6.07, 6.45) is 0.569. The van der Waals surface area contributed by atoms with Gasteiger partial charge in [0.1, 0.15) is 6.04 Å². The summed E-state index contributed by atoms with van der Waals surface area (Å²) in [6.45, 7) is 2.44. The van der Waals surface area contributed by atoms with E-state index in [1.54, 1.807) is 11.0 Å². The molecule has 1 aromatic heterocycles. The number of para-hydroxylation sites is 1. The van der Waals surface area contributed by atoms with Gasteiger partial charge in [0.15, 0.2) is 0 Å². The van der Waals surface area contributed by atoms with Crippen LogP contribution in [0.1, 0.15) is 22.2 Å². The van der Waals surface area contributed by atoms with Gasteiger partial charge in [-0.1, -0.05) is 24.3 Å². The Morgan fingerprint density at radius 2 is 2.10 bits per heavy atom. The van der Waals surface area contributed by atoms with E-state index in [1.807, 2.05) is 42.6 Å². The van der Waals surface area contributed by atoms with Crippen LogP contribution in [0.2, 0.25) is 0 Å². The fraction of sp³-hybridized carbons (Fsp3) is 0.250. The smallest absolute Gasteiger partial charge is 0.269 e. The molecule has 2 amide bonds. The molecule has 0 saturated heterocycles. The summed E-state index contributed by atoms with van der Waals surface area (Å²) >= 11 is 1.40. The molecule has 2 aromatic rings. The van der Waals surface area contributed by atoms with Crippen LogP contribution in [0.5, 0.6) is 0 Å². The number of rotatable bonds is 3. The molecule has 0 unspecified atom stereocenters. The van der Waals surface area contributed by atoms with E-state index in [-0.39, 0.29) is 11.8 Å². The molecular formula is C16H16N2O2S. The first-order valence-corrected chi connectivity index (χ1v) is 7.83. The lowest BCUT2D eigenvalue weighted by Gasteiger charge is -2.24. The molecule has 1 aliphatic heterocycles. The minimum Gasteiger partial charge on any atom is -0.355 e. The maximum atomic E-state index is 12.7. The third-order valence-electron chi connectivity index (χ3n) is 3.58. The Kier molecular flexibility index (Phi) is 3.75. The van der Waals surface area contributed by atoms with Gasteiger partial charge in [-0.3, -0.25) is 14.5 Å². The zero-order valence-electron chi connectivity index (χ0n) is 11.7. The van der Waals surface area contributed by atoms with Gasteiger partial charge in [-0.15, -0.1) is 11.3 Å². The van der Waals surface area contributed by atoms with Gasteiger partial charge >= 0.3 is 0 Å². The summed E-state index contributed by atoms with van der Waals surface area (Å²) < 4.78 is 0. The second-order valence-corrected chi connectivity index (χ2v) is 5.84. The molecule has 0 radical (unpaired) electrons. The number of nitrogens with one attached hydrogen (secondary N) is 1. The van der Waals surface area contributed by atoms with E-state index in [0.29, 0.717) is 17.8 Å². The molecule has 0 bridgehead atoms. The van der Waals surface area contributed by atoms with E-state index in [2.05, 4.69) is 5.32 Å². The van der Waals surface area contributed by atoms with Crippen LogP contribution in [0.15, 0.2) is 41.8 Å². The fourth-order valence-corrected chi connectivity index (χ4v) is 3.32. The Morgan fingerprint density at radius 3 is 2.81 bits per heavy atom. The fourth-order valence-electron chi connectivity index (χ4n) is 2.66. The van der Waals surface area contributed by atoms with E-state index in [9.17, 15) is 9.59 Å². The third-order valence-corrected chi connectivity index (χ3v) is 4.44. The van der Waals surface area contributed by atoms with Gasteiger partial charge in [-0.25, -0.2) is 0 Å². The summed E-state index contributed by atoms with van der Waals surface area (Å²) in [6, 6.07) is 10.9. The van der Waals surface area contributed by atoms with Gasteiger partial charge < -0.3 is 5.32 Å². The molecular weight excluding hydrogens is 284 g/mol. The maximum absolute atomic E-state index is 12.7. The van der Waals surface area contributed by atoms with Gasteiger partial charge in [-0.05, 0) is 30.0 Å². The van der Waals surface area contributed by atoms with Gasteiger partial charge in [0, 0.05) is 18.7 Å². The molecule has 1 atom stereocenters. The minimum absolute atomic E-state index is 0.0985. The topological polar surface area (TPSA) is 49.4 Å². The van der Waals surface area contributed by atoms with Crippen LogP contribution in [0.4, 0.5) is 5.69 Å². The lowest BCUT2D eigenvalue weighted by atomic mass is 10.1. The predicted molar refractivity (Wildman–Crippen MR) is 83.7 cm³/mol. The van der Waals surface area contributed by atoms with Crippen molar-refractivity contribution in [3.8, 4) is 0 Å². The molecule has 2 heterocycles. The molecule has 4 nitrogen and oxygen atoms in total. The van der Waals surface area contributed by atoms with Gasteiger partial charge in [0.25, 0.3) is 5.91 Å². The van der Waals surface area contributed by atoms with Gasteiger partial charge in [0.05, 0.1) is 4.88 Å². The van der Waals surface area contributed by atoms with Crippen molar-refractivity contribution in [2.24, 2.45) is 0 Å². The van der Waals surface area contributed by atoms with Crippen LogP contribution < -0.4 is 10.2 Å². The van der Waals surface area contributed by atoms with E-state index < -0.39 is 6.04 Å². The molecule has 1 aromatic carbocycles. The van der Waals surface area contributed by atoms with Crippen molar-refractivity contribution in [3.05, 3.63) is 52.2 Å². The first-order valence-electron chi connectivity index (χ1n) is 6.95. The molecule has 0 aliphatic carbocycles. The van der Waals surface area contributed by atoms with E-state index in [0.717, 1.165) is 11.3 Å². The highest BCUT2D eigenvalue weighted by Crippen LogP contribution is 2.34. The van der Waals surface area contributed by atoms with Crippen molar-refractivity contribution < 1.29 is 9.59 Å². The summed E-state index contributed by atoms with van der Waals surface area (Å²) in [5.41, 5.74) is 1.88. The first-order chi connectivity index (χ1) is 10.2. The summed E-state index contributed by atoms with van der Waals surface area (Å²) in [4.78, 5) is 27.3. The van der Waals surface area contributed by atoms with Crippen molar-refractivity contribution in [1.82, 2.24) is 5.32 Å². The van der Waals surface area contributed by atoms with Crippen molar-refractivity contribution in [1.29, 1.82) is 0 Å². The number of carbonyl (C=O) groups excluding carboxylic acids is 2. The number of fused-ring (bicyclic) bond motifs is 1. The van der Waals surface area contributed by atoms with Crippen LogP contribution in [-0.2, 0) is 11.2 Å². The number of hydrogen-bond donors (Lipinski definition) is 1. The van der Waals surface area contributed by atoms with Gasteiger partial charge in [0.2, 0.25) is 5.91 Å². The highest BCUT2D eigenvalue weighted by atomic mass is 32.1. The lowest BCUT2D eigenvalue weighted by molar-refractivity contribution is -0.122. The molecule has 5 heteroatoms.